The highest BCUT2D eigenvalue weighted by molar-refractivity contribution is 4.87. The van der Waals surface area contributed by atoms with E-state index in [1.54, 1.807) is 0 Å². The molecule has 0 spiro atoms. The van der Waals surface area contributed by atoms with Gasteiger partial charge >= 0.3 is 0 Å². The van der Waals surface area contributed by atoms with Gasteiger partial charge in [0.2, 0.25) is 0 Å². The van der Waals surface area contributed by atoms with Gasteiger partial charge in [-0.15, -0.1) is 0 Å². The van der Waals surface area contributed by atoms with Crippen LogP contribution in [-0.2, 0) is 0 Å². The third kappa shape index (κ3) is 24.3. The van der Waals surface area contributed by atoms with E-state index >= 15 is 0 Å². The van der Waals surface area contributed by atoms with Crippen molar-refractivity contribution in [2.24, 2.45) is 5.92 Å². The Morgan fingerprint density at radius 1 is 0.373 bits per heavy atom. The van der Waals surface area contributed by atoms with Crippen LogP contribution in [0.3, 0.4) is 0 Å². The fourth-order valence-corrected chi connectivity index (χ4v) is 8.43. The van der Waals surface area contributed by atoms with Crippen LogP contribution in [-0.4, -0.2) is 199 Å². The smallest absolute Gasteiger partial charge is 0.0794 e. The van der Waals surface area contributed by atoms with Gasteiger partial charge in [-0.2, -0.15) is 0 Å². The van der Waals surface area contributed by atoms with Crippen LogP contribution in [0.25, 0.3) is 0 Å². The summed E-state index contributed by atoms with van der Waals surface area (Å²) in [5.41, 5.74) is 0.651. The van der Waals surface area contributed by atoms with E-state index in [1.165, 1.54) is 58.3 Å². The second-order valence-electron chi connectivity index (χ2n) is 22.5. The largest absolute Gasteiger partial charge is 0.392 e. The number of hydrogen-bond acceptors (Lipinski definition) is 11. The van der Waals surface area contributed by atoms with Gasteiger partial charge in [-0.1, -0.05) is 13.3 Å². The number of aliphatic hydroxyl groups excluding tert-OH is 5. The molecule has 6 heterocycles. The van der Waals surface area contributed by atoms with Crippen LogP contribution in [0.2, 0.25) is 0 Å². The van der Waals surface area contributed by atoms with E-state index in [0.29, 0.717) is 43.1 Å². The first-order valence-electron chi connectivity index (χ1n) is 24.0. The summed E-state index contributed by atoms with van der Waals surface area (Å²) in [7, 11) is 0. The second-order valence-corrected chi connectivity index (χ2v) is 22.5. The average molecular weight is 843 g/mol. The van der Waals surface area contributed by atoms with Crippen molar-refractivity contribution in [1.82, 2.24) is 29.4 Å². The van der Waals surface area contributed by atoms with Crippen LogP contribution in [0.5, 0.6) is 0 Å². The molecule has 0 saturated carbocycles. The zero-order chi connectivity index (χ0) is 45.3. The Hall–Kier alpha value is -0.440. The molecule has 0 unspecified atom stereocenters. The van der Waals surface area contributed by atoms with Crippen molar-refractivity contribution in [3.05, 3.63) is 0 Å². The first-order chi connectivity index (χ1) is 27.1. The number of piperidine rings is 3. The van der Waals surface area contributed by atoms with Crippen LogP contribution in [0.4, 0.5) is 0 Å². The van der Waals surface area contributed by atoms with Crippen LogP contribution in [0.15, 0.2) is 0 Å². The van der Waals surface area contributed by atoms with Gasteiger partial charge in [0.05, 0.1) is 30.5 Å². The molecule has 59 heavy (non-hydrogen) atoms. The summed E-state index contributed by atoms with van der Waals surface area (Å²) in [5, 5.41) is 46.3. The Balaban J connectivity index is 0.000000356. The monoisotopic (exact) mass is 843 g/mol. The summed E-state index contributed by atoms with van der Waals surface area (Å²) >= 11 is 0. The van der Waals surface area contributed by atoms with Crippen molar-refractivity contribution in [1.29, 1.82) is 0 Å². The molecule has 6 aliphatic rings. The van der Waals surface area contributed by atoms with Gasteiger partial charge in [-0.05, 0) is 174 Å². The molecule has 6 aliphatic heterocycles. The molecule has 6 fully saturated rings. The van der Waals surface area contributed by atoms with Gasteiger partial charge in [0, 0.05) is 93.5 Å². The van der Waals surface area contributed by atoms with Crippen molar-refractivity contribution in [3.63, 3.8) is 0 Å². The topological polar surface area (TPSA) is 121 Å². The third-order valence-corrected chi connectivity index (χ3v) is 12.7. The summed E-state index contributed by atoms with van der Waals surface area (Å²) in [4.78, 5) is 14.1. The number of rotatable bonds is 3. The van der Waals surface area contributed by atoms with E-state index in [2.05, 4.69) is 140 Å². The predicted molar refractivity (Wildman–Crippen MR) is 250 cm³/mol. The fourth-order valence-electron chi connectivity index (χ4n) is 8.43. The zero-order valence-electron chi connectivity index (χ0n) is 41.8. The van der Waals surface area contributed by atoms with Gasteiger partial charge in [-0.25, -0.2) is 0 Å². The molecule has 6 saturated heterocycles. The Kier molecular flexibility index (Phi) is 25.9. The van der Waals surface area contributed by atoms with Gasteiger partial charge < -0.3 is 30.4 Å². The second kappa shape index (κ2) is 27.0. The maximum absolute atomic E-state index is 9.57. The Morgan fingerprint density at radius 2 is 0.746 bits per heavy atom. The summed E-state index contributed by atoms with van der Waals surface area (Å²) < 4.78 is 0. The molecule has 0 radical (unpaired) electrons. The number of nitrogens with zero attached hydrogens (tertiary/aromatic N) is 6. The van der Waals surface area contributed by atoms with Crippen LogP contribution in [0, 0.1) is 5.92 Å². The molecule has 0 bridgehead atoms. The lowest BCUT2D eigenvalue weighted by molar-refractivity contribution is -0.0411. The first-order valence-corrected chi connectivity index (χ1v) is 24.0. The quantitative estimate of drug-likeness (QED) is 0.231. The highest BCUT2D eigenvalue weighted by Crippen LogP contribution is 2.24. The van der Waals surface area contributed by atoms with Crippen molar-refractivity contribution >= 4 is 0 Å². The normalized spacial score (nSPS) is 28.6. The van der Waals surface area contributed by atoms with Crippen molar-refractivity contribution in [3.8, 4) is 0 Å². The molecule has 0 aromatic heterocycles. The average Bonchev–Trinajstić information content (AvgIpc) is 3.80. The molecule has 5 N–H and O–H groups in total. The van der Waals surface area contributed by atoms with E-state index in [1.807, 2.05) is 0 Å². The number of aliphatic hydroxyl groups is 5. The number of β-amino-alcohol motifs (C(OH)–C–C–N with tert-alkyl or cyclic N) is 5. The van der Waals surface area contributed by atoms with Crippen molar-refractivity contribution in [2.75, 3.05) is 78.5 Å². The van der Waals surface area contributed by atoms with Gasteiger partial charge in [0.1, 0.15) is 0 Å². The van der Waals surface area contributed by atoms with Gasteiger partial charge in [-0.3, -0.25) is 24.5 Å². The highest BCUT2D eigenvalue weighted by atomic mass is 16.3. The molecule has 5 atom stereocenters. The maximum atomic E-state index is 9.57. The van der Waals surface area contributed by atoms with E-state index in [0.717, 1.165) is 58.2 Å². The molecule has 11 heteroatoms. The highest BCUT2D eigenvalue weighted by Gasteiger charge is 2.32. The standard InChI is InChI=1S/C10H21NO.C9H19NO2.C9H19N.C7H15NO.C7H15N.C6H13NO/c1-8-5-9(12)7-11(6-8)10(2,3)4;1-9(2,3)10-5-7(11)4-8(12)6-10;1-9(2,3)10-7-5-4-6-8-10;1-6(2)8-4-3-7(9)5-8;1-7(2)8-5-3-4-6-8;1-5(2)7-3-6(8)4-7/h8-9,12H,5-7H2,1-4H3;7-8,11-12H,4-6H2,1-3H3;4-8H2,1-3H3;6-7,9H,3-5H2,1-2H3;7H,3-6H2,1-2H3;5-6,8H,3-4H2,1-2H3/t8-,9+;7-,8-;;7-;;/m01.0../s1. The SMILES string of the molecule is CC(C)(C)N1CCCCC1.CC(C)(C)N1C[C@H](O)C[C@@H](O)C1.CC(C)N1CC(O)C1.CC(C)N1CCCC1.CC(C)N1CC[C@H](O)C1.C[C@H]1C[C@@H](O)CN(C(C)(C)C)C1. The summed E-state index contributed by atoms with van der Waals surface area (Å²) in [6.45, 7) is 47.5. The van der Waals surface area contributed by atoms with E-state index in [4.69, 9.17) is 10.2 Å². The first kappa shape index (κ1) is 56.6. The molecular weight excluding hydrogens is 741 g/mol. The van der Waals surface area contributed by atoms with Gasteiger partial charge in [0.15, 0.2) is 0 Å². The maximum Gasteiger partial charge on any atom is 0.0794 e. The minimum absolute atomic E-state index is 0.0440. The molecular formula is C48H102N6O5. The van der Waals surface area contributed by atoms with Crippen LogP contribution < -0.4 is 0 Å². The molecule has 0 amide bonds. The van der Waals surface area contributed by atoms with E-state index in [9.17, 15) is 15.3 Å². The zero-order valence-corrected chi connectivity index (χ0v) is 41.8. The number of hydrogen-bond donors (Lipinski definition) is 5. The molecule has 6 rings (SSSR count). The summed E-state index contributed by atoms with van der Waals surface area (Å²) in [6.07, 6.45) is 8.55. The van der Waals surface area contributed by atoms with Crippen molar-refractivity contribution in [2.45, 2.75) is 227 Å². The Morgan fingerprint density at radius 3 is 1.02 bits per heavy atom. The van der Waals surface area contributed by atoms with E-state index in [-0.39, 0.29) is 41.6 Å². The summed E-state index contributed by atoms with van der Waals surface area (Å²) in [6, 6.07) is 1.98. The number of likely N-dealkylation sites (tertiary alicyclic amines) is 6. The fraction of sp³-hybridized carbons (Fsp3) is 1.00. The summed E-state index contributed by atoms with van der Waals surface area (Å²) in [5.74, 6) is 0.632. The predicted octanol–water partition coefficient (Wildman–Crippen LogP) is 5.99. The van der Waals surface area contributed by atoms with Crippen LogP contribution >= 0.6 is 0 Å². The van der Waals surface area contributed by atoms with Crippen LogP contribution in [0.1, 0.15) is 162 Å². The molecule has 0 aromatic rings. The molecule has 0 aromatic carbocycles. The molecule has 11 nitrogen and oxygen atoms in total. The molecule has 0 aliphatic carbocycles. The minimum Gasteiger partial charge on any atom is -0.392 e. The van der Waals surface area contributed by atoms with Crippen molar-refractivity contribution < 1.29 is 25.5 Å². The Labute approximate surface area is 365 Å². The third-order valence-electron chi connectivity index (χ3n) is 12.7. The van der Waals surface area contributed by atoms with E-state index < -0.39 is 0 Å². The lowest BCUT2D eigenvalue weighted by atomic mass is 9.93. The molecule has 354 valence electrons. The van der Waals surface area contributed by atoms with Gasteiger partial charge in [0.25, 0.3) is 0 Å². The Bertz CT molecular complexity index is 1000. The minimum atomic E-state index is -0.368. The lowest BCUT2D eigenvalue weighted by Crippen LogP contribution is -2.53. The lowest BCUT2D eigenvalue weighted by Gasteiger charge is -2.42.